The van der Waals surface area contributed by atoms with E-state index < -0.39 is 17.6 Å². The number of carbonyl (C=O) groups excluding carboxylic acids is 2. The Bertz CT molecular complexity index is 773. The van der Waals surface area contributed by atoms with Crippen molar-refractivity contribution in [3.8, 4) is 0 Å². The minimum absolute atomic E-state index is 0.0478. The maximum atomic E-state index is 12.6. The Balaban J connectivity index is 1.85. The average Bonchev–Trinajstić information content (AvgIpc) is 2.54. The molecule has 2 aromatic rings. The van der Waals surface area contributed by atoms with Crippen molar-refractivity contribution in [2.24, 2.45) is 0 Å². The Morgan fingerprint density at radius 3 is 2.44 bits per heavy atom. The molecule has 7 heteroatoms. The quantitative estimate of drug-likeness (QED) is 0.862. The number of hydrogen-bond donors (Lipinski definition) is 2. The number of nitrogens with one attached hydrogen (secondary N) is 2. The van der Waals surface area contributed by atoms with E-state index in [0.717, 1.165) is 17.7 Å². The molecule has 0 aliphatic rings. The van der Waals surface area contributed by atoms with Crippen LogP contribution >= 0.6 is 0 Å². The summed E-state index contributed by atoms with van der Waals surface area (Å²) in [6.07, 6.45) is -4.52. The molecule has 0 radical (unpaired) electrons. The number of aryl methyl sites for hydroxylation is 1. The van der Waals surface area contributed by atoms with E-state index in [1.165, 1.54) is 12.1 Å². The third-order valence-electron chi connectivity index (χ3n) is 3.50. The fourth-order valence-electron chi connectivity index (χ4n) is 2.21. The van der Waals surface area contributed by atoms with E-state index in [1.807, 2.05) is 6.07 Å². The predicted octanol–water partition coefficient (Wildman–Crippen LogP) is 3.77. The van der Waals surface area contributed by atoms with Gasteiger partial charge < -0.3 is 10.6 Å². The van der Waals surface area contributed by atoms with Crippen LogP contribution in [0, 0.1) is 6.92 Å². The van der Waals surface area contributed by atoms with Gasteiger partial charge in [0.25, 0.3) is 5.91 Å². The van der Waals surface area contributed by atoms with Crippen LogP contribution in [-0.2, 0) is 11.0 Å². The molecule has 2 aromatic carbocycles. The maximum absolute atomic E-state index is 12.6. The van der Waals surface area contributed by atoms with Gasteiger partial charge >= 0.3 is 6.18 Å². The van der Waals surface area contributed by atoms with Crippen LogP contribution in [0.4, 0.5) is 18.9 Å². The molecule has 2 rings (SSSR count). The Labute approximate surface area is 143 Å². The van der Waals surface area contributed by atoms with Crippen LogP contribution in [0.25, 0.3) is 0 Å². The molecular weight excluding hydrogens is 333 g/mol. The molecular formula is C18H17F3N2O2. The van der Waals surface area contributed by atoms with Gasteiger partial charge in [-0.1, -0.05) is 24.3 Å². The lowest BCUT2D eigenvalue weighted by Crippen LogP contribution is -2.28. The first kappa shape index (κ1) is 18.5. The topological polar surface area (TPSA) is 58.2 Å². The van der Waals surface area contributed by atoms with E-state index in [0.29, 0.717) is 5.56 Å². The van der Waals surface area contributed by atoms with Crippen LogP contribution in [0.5, 0.6) is 0 Å². The number of anilines is 1. The minimum Gasteiger partial charge on any atom is -0.352 e. The zero-order chi connectivity index (χ0) is 18.4. The maximum Gasteiger partial charge on any atom is 0.416 e. The van der Waals surface area contributed by atoms with Crippen LogP contribution < -0.4 is 10.6 Å². The molecule has 0 aliphatic heterocycles. The smallest absolute Gasteiger partial charge is 0.352 e. The van der Waals surface area contributed by atoms with E-state index in [2.05, 4.69) is 10.6 Å². The molecule has 0 saturated heterocycles. The highest BCUT2D eigenvalue weighted by Crippen LogP contribution is 2.30. The first-order chi connectivity index (χ1) is 11.8. The third-order valence-corrected chi connectivity index (χ3v) is 3.50. The van der Waals surface area contributed by atoms with Gasteiger partial charge in [-0.3, -0.25) is 9.59 Å². The standard InChI is InChI=1S/C18H17F3N2O2/c1-12-5-2-3-8-15(12)17(25)22-10-9-16(24)23-14-7-4-6-13(11-14)18(19,20)21/h2-8,11H,9-10H2,1H3,(H,22,25)(H,23,24). The zero-order valence-corrected chi connectivity index (χ0v) is 13.5. The highest BCUT2D eigenvalue weighted by molar-refractivity contribution is 5.96. The molecule has 4 nitrogen and oxygen atoms in total. The largest absolute Gasteiger partial charge is 0.416 e. The monoisotopic (exact) mass is 350 g/mol. The molecule has 0 bridgehead atoms. The van der Waals surface area contributed by atoms with Gasteiger partial charge in [-0.05, 0) is 36.8 Å². The van der Waals surface area contributed by atoms with Gasteiger partial charge in [0, 0.05) is 24.2 Å². The summed E-state index contributed by atoms with van der Waals surface area (Å²) in [6.45, 7) is 1.88. The molecule has 0 aromatic heterocycles. The van der Waals surface area contributed by atoms with Crippen molar-refractivity contribution in [3.05, 3.63) is 65.2 Å². The number of rotatable bonds is 5. The lowest BCUT2D eigenvalue weighted by atomic mass is 10.1. The lowest BCUT2D eigenvalue weighted by Gasteiger charge is -2.10. The second-order valence-electron chi connectivity index (χ2n) is 5.45. The molecule has 0 aliphatic carbocycles. The minimum atomic E-state index is -4.47. The van der Waals surface area contributed by atoms with Crippen molar-refractivity contribution in [1.29, 1.82) is 0 Å². The summed E-state index contributed by atoms with van der Waals surface area (Å²) in [7, 11) is 0. The average molecular weight is 350 g/mol. The first-order valence-corrected chi connectivity index (χ1v) is 7.58. The van der Waals surface area contributed by atoms with Crippen molar-refractivity contribution < 1.29 is 22.8 Å². The van der Waals surface area contributed by atoms with Crippen molar-refractivity contribution >= 4 is 17.5 Å². The molecule has 0 fully saturated rings. The molecule has 25 heavy (non-hydrogen) atoms. The van der Waals surface area contributed by atoms with Crippen LogP contribution in [0.3, 0.4) is 0 Å². The number of carbonyl (C=O) groups is 2. The van der Waals surface area contributed by atoms with E-state index in [1.54, 1.807) is 25.1 Å². The van der Waals surface area contributed by atoms with E-state index in [4.69, 9.17) is 0 Å². The van der Waals surface area contributed by atoms with E-state index >= 15 is 0 Å². The molecule has 0 saturated carbocycles. The summed E-state index contributed by atoms with van der Waals surface area (Å²) in [5.74, 6) is -0.783. The Hall–Kier alpha value is -2.83. The second-order valence-corrected chi connectivity index (χ2v) is 5.45. The summed E-state index contributed by atoms with van der Waals surface area (Å²) in [4.78, 5) is 23.8. The summed E-state index contributed by atoms with van der Waals surface area (Å²) >= 11 is 0. The zero-order valence-electron chi connectivity index (χ0n) is 13.5. The Morgan fingerprint density at radius 1 is 1.04 bits per heavy atom. The van der Waals surface area contributed by atoms with Crippen LogP contribution in [0.15, 0.2) is 48.5 Å². The fourth-order valence-corrected chi connectivity index (χ4v) is 2.21. The second kappa shape index (κ2) is 7.83. The van der Waals surface area contributed by atoms with Gasteiger partial charge in [0.1, 0.15) is 0 Å². The highest BCUT2D eigenvalue weighted by atomic mass is 19.4. The highest BCUT2D eigenvalue weighted by Gasteiger charge is 2.30. The van der Waals surface area contributed by atoms with Gasteiger partial charge in [0.15, 0.2) is 0 Å². The summed E-state index contributed by atoms with van der Waals surface area (Å²) in [5.41, 5.74) is 0.553. The number of amides is 2. The molecule has 0 spiro atoms. The SMILES string of the molecule is Cc1ccccc1C(=O)NCCC(=O)Nc1cccc(C(F)(F)F)c1. The number of benzene rings is 2. The molecule has 0 heterocycles. The van der Waals surface area contributed by atoms with Gasteiger partial charge in [-0.2, -0.15) is 13.2 Å². The number of halogens is 3. The van der Waals surface area contributed by atoms with Crippen LogP contribution in [-0.4, -0.2) is 18.4 Å². The van der Waals surface area contributed by atoms with Crippen molar-refractivity contribution in [1.82, 2.24) is 5.32 Å². The molecule has 132 valence electrons. The number of hydrogen-bond acceptors (Lipinski definition) is 2. The Kier molecular flexibility index (Phi) is 5.80. The summed E-state index contributed by atoms with van der Waals surface area (Å²) in [6, 6.07) is 11.4. The van der Waals surface area contributed by atoms with Crippen molar-refractivity contribution in [2.75, 3.05) is 11.9 Å². The lowest BCUT2D eigenvalue weighted by molar-refractivity contribution is -0.137. The fraction of sp³-hybridized carbons (Fsp3) is 0.222. The molecule has 0 unspecified atom stereocenters. The van der Waals surface area contributed by atoms with Crippen molar-refractivity contribution in [2.45, 2.75) is 19.5 Å². The van der Waals surface area contributed by atoms with E-state index in [-0.39, 0.29) is 24.6 Å². The molecule has 2 N–H and O–H groups in total. The summed E-state index contributed by atoms with van der Waals surface area (Å²) in [5, 5.41) is 5.00. The third kappa shape index (κ3) is 5.34. The van der Waals surface area contributed by atoms with Gasteiger partial charge in [0.05, 0.1) is 5.56 Å². The number of alkyl halides is 3. The Morgan fingerprint density at radius 2 is 1.76 bits per heavy atom. The molecule has 2 amide bonds. The predicted molar refractivity (Wildman–Crippen MR) is 88.2 cm³/mol. The molecule has 0 atom stereocenters. The normalized spacial score (nSPS) is 11.0. The van der Waals surface area contributed by atoms with Crippen LogP contribution in [0.2, 0.25) is 0 Å². The van der Waals surface area contributed by atoms with Crippen molar-refractivity contribution in [3.63, 3.8) is 0 Å². The first-order valence-electron chi connectivity index (χ1n) is 7.58. The summed E-state index contributed by atoms with van der Waals surface area (Å²) < 4.78 is 37.9. The van der Waals surface area contributed by atoms with Crippen LogP contribution in [0.1, 0.15) is 27.9 Å². The van der Waals surface area contributed by atoms with Gasteiger partial charge in [0.2, 0.25) is 5.91 Å². The van der Waals surface area contributed by atoms with Gasteiger partial charge in [-0.25, -0.2) is 0 Å². The van der Waals surface area contributed by atoms with E-state index in [9.17, 15) is 22.8 Å². The van der Waals surface area contributed by atoms with Gasteiger partial charge in [-0.15, -0.1) is 0 Å².